The molecule has 3 aromatic rings. The van der Waals surface area contributed by atoms with Crippen molar-refractivity contribution in [2.75, 3.05) is 13.1 Å². The zero-order valence-electron chi connectivity index (χ0n) is 22.4. The minimum atomic E-state index is -0.902. The van der Waals surface area contributed by atoms with Crippen molar-refractivity contribution in [2.24, 2.45) is 5.41 Å². The predicted molar refractivity (Wildman–Crippen MR) is 152 cm³/mol. The van der Waals surface area contributed by atoms with Crippen LogP contribution < -0.4 is 5.32 Å². The van der Waals surface area contributed by atoms with Gasteiger partial charge >= 0.3 is 6.09 Å². The number of likely N-dealkylation sites (tertiary alicyclic amines) is 1. The number of nitrogens with one attached hydrogen (secondary N) is 1. The summed E-state index contributed by atoms with van der Waals surface area (Å²) in [7, 11) is 0. The van der Waals surface area contributed by atoms with Crippen molar-refractivity contribution < 1.29 is 14.7 Å². The van der Waals surface area contributed by atoms with E-state index in [0.29, 0.717) is 31.0 Å². The van der Waals surface area contributed by atoms with E-state index in [1.807, 2.05) is 30.5 Å². The van der Waals surface area contributed by atoms with Gasteiger partial charge in [-0.3, -0.25) is 9.78 Å². The lowest BCUT2D eigenvalue weighted by atomic mass is 9.65. The quantitative estimate of drug-likeness (QED) is 0.367. The molecule has 0 radical (unpaired) electrons. The maximum Gasteiger partial charge on any atom is 0.407 e. The Labute approximate surface area is 230 Å². The smallest absolute Gasteiger partial charge is 0.407 e. The summed E-state index contributed by atoms with van der Waals surface area (Å²) in [6.45, 7) is 8.83. The minimum Gasteiger partial charge on any atom is -0.465 e. The summed E-state index contributed by atoms with van der Waals surface area (Å²) in [6, 6.07) is 18.0. The van der Waals surface area contributed by atoms with Crippen LogP contribution in [0.2, 0.25) is 5.02 Å². The fourth-order valence-corrected chi connectivity index (χ4v) is 6.25. The highest BCUT2D eigenvalue weighted by Gasteiger charge is 2.47. The number of hydrogen-bond acceptors (Lipinski definition) is 3. The molecule has 2 amide bonds. The van der Waals surface area contributed by atoms with Crippen LogP contribution in [-0.4, -0.2) is 46.1 Å². The Kier molecular flexibility index (Phi) is 8.41. The Hall–Kier alpha value is -3.38. The van der Waals surface area contributed by atoms with Crippen LogP contribution in [0.25, 0.3) is 11.1 Å². The first kappa shape index (κ1) is 27.6. The number of benzene rings is 2. The molecule has 4 rings (SSSR count). The normalized spacial score (nSPS) is 19.7. The number of carboxylic acid groups (broad SMARTS) is 1. The van der Waals surface area contributed by atoms with E-state index in [2.05, 4.69) is 61.4 Å². The molecule has 6 nitrogen and oxygen atoms in total. The molecule has 38 heavy (non-hydrogen) atoms. The van der Waals surface area contributed by atoms with Crippen LogP contribution in [0, 0.1) is 5.41 Å². The number of rotatable bonds is 6. The monoisotopic (exact) mass is 533 g/mol. The molecular formula is C31H36ClN3O3. The molecule has 2 heterocycles. The molecule has 0 spiro atoms. The summed E-state index contributed by atoms with van der Waals surface area (Å²) in [5.41, 5.74) is 4.92. The SMILES string of the molecule is CC(=O)NCCc1ccccc1-c1ccc([C@H]2C(C(C)(C)C)N(C(=O)O)CC[C@@H]2c2cccnc2)c(Cl)c1. The van der Waals surface area contributed by atoms with Crippen LogP contribution in [-0.2, 0) is 11.2 Å². The Morgan fingerprint density at radius 1 is 1.13 bits per heavy atom. The highest BCUT2D eigenvalue weighted by molar-refractivity contribution is 6.31. The van der Waals surface area contributed by atoms with Crippen molar-refractivity contribution in [3.05, 3.63) is 88.7 Å². The highest BCUT2D eigenvalue weighted by atomic mass is 35.5. The number of carbonyl (C=O) groups is 2. The number of carbonyl (C=O) groups excluding carboxylic acids is 1. The summed E-state index contributed by atoms with van der Waals surface area (Å²) in [4.78, 5) is 29.7. The van der Waals surface area contributed by atoms with E-state index in [9.17, 15) is 14.7 Å². The number of nitrogens with zero attached hydrogens (tertiary/aromatic N) is 2. The first-order chi connectivity index (χ1) is 18.1. The maximum absolute atomic E-state index is 12.4. The third kappa shape index (κ3) is 6.02. The number of aromatic nitrogens is 1. The molecule has 1 unspecified atom stereocenters. The van der Waals surface area contributed by atoms with Gasteiger partial charge in [-0.2, -0.15) is 0 Å². The van der Waals surface area contributed by atoms with Gasteiger partial charge in [0.2, 0.25) is 5.91 Å². The Bertz CT molecular complexity index is 1290. The molecule has 3 atom stereocenters. The molecular weight excluding hydrogens is 498 g/mol. The van der Waals surface area contributed by atoms with Gasteiger partial charge in [0.1, 0.15) is 0 Å². The van der Waals surface area contributed by atoms with Crippen LogP contribution in [0.4, 0.5) is 4.79 Å². The van der Waals surface area contributed by atoms with Crippen molar-refractivity contribution >= 4 is 23.6 Å². The molecule has 2 N–H and O–H groups in total. The van der Waals surface area contributed by atoms with Crippen LogP contribution >= 0.6 is 11.6 Å². The zero-order valence-corrected chi connectivity index (χ0v) is 23.2. The molecule has 200 valence electrons. The molecule has 0 bridgehead atoms. The summed E-state index contributed by atoms with van der Waals surface area (Å²) in [5, 5.41) is 13.6. The summed E-state index contributed by atoms with van der Waals surface area (Å²) in [5.74, 6) is -0.105. The van der Waals surface area contributed by atoms with E-state index in [-0.39, 0.29) is 29.2 Å². The number of pyridine rings is 1. The maximum atomic E-state index is 12.4. The second-order valence-corrected chi connectivity index (χ2v) is 11.5. The molecule has 0 saturated carbocycles. The van der Waals surface area contributed by atoms with Crippen molar-refractivity contribution in [3.8, 4) is 11.1 Å². The van der Waals surface area contributed by atoms with Gasteiger partial charge in [0, 0.05) is 49.4 Å². The van der Waals surface area contributed by atoms with E-state index < -0.39 is 6.09 Å². The minimum absolute atomic E-state index is 0.0469. The van der Waals surface area contributed by atoms with E-state index in [1.165, 1.54) is 6.92 Å². The lowest BCUT2D eigenvalue weighted by Gasteiger charge is -2.50. The summed E-state index contributed by atoms with van der Waals surface area (Å²) >= 11 is 7.07. The average Bonchev–Trinajstić information content (AvgIpc) is 2.88. The van der Waals surface area contributed by atoms with Gasteiger partial charge in [0.25, 0.3) is 0 Å². The molecule has 1 fully saturated rings. The molecule has 1 saturated heterocycles. The molecule has 0 aliphatic carbocycles. The molecule has 2 aromatic carbocycles. The van der Waals surface area contributed by atoms with Crippen LogP contribution in [0.15, 0.2) is 67.0 Å². The lowest BCUT2D eigenvalue weighted by Crippen LogP contribution is -2.55. The van der Waals surface area contributed by atoms with Gasteiger partial charge in [-0.1, -0.05) is 74.8 Å². The predicted octanol–water partition coefficient (Wildman–Crippen LogP) is 6.75. The van der Waals surface area contributed by atoms with Crippen molar-refractivity contribution in [2.45, 2.75) is 58.4 Å². The first-order valence-electron chi connectivity index (χ1n) is 13.1. The fourth-order valence-electron chi connectivity index (χ4n) is 5.95. The Morgan fingerprint density at radius 2 is 1.89 bits per heavy atom. The molecule has 1 aliphatic heterocycles. The Morgan fingerprint density at radius 3 is 2.53 bits per heavy atom. The van der Waals surface area contributed by atoms with Crippen molar-refractivity contribution in [1.82, 2.24) is 15.2 Å². The number of piperidine rings is 1. The van der Waals surface area contributed by atoms with Gasteiger partial charge in [-0.25, -0.2) is 4.79 Å². The third-order valence-corrected chi connectivity index (χ3v) is 7.82. The summed E-state index contributed by atoms with van der Waals surface area (Å²) < 4.78 is 0. The lowest BCUT2D eigenvalue weighted by molar-refractivity contribution is -0.118. The van der Waals surface area contributed by atoms with Crippen LogP contribution in [0.3, 0.4) is 0 Å². The summed E-state index contributed by atoms with van der Waals surface area (Å²) in [6.07, 6.45) is 4.15. The molecule has 1 aliphatic rings. The van der Waals surface area contributed by atoms with Crippen LogP contribution in [0.1, 0.15) is 62.6 Å². The van der Waals surface area contributed by atoms with Gasteiger partial charge in [0.05, 0.1) is 0 Å². The van der Waals surface area contributed by atoms with Crippen molar-refractivity contribution in [3.63, 3.8) is 0 Å². The zero-order chi connectivity index (χ0) is 27.4. The van der Waals surface area contributed by atoms with E-state index in [0.717, 1.165) is 27.8 Å². The second-order valence-electron chi connectivity index (χ2n) is 11.1. The second kappa shape index (κ2) is 11.6. The topological polar surface area (TPSA) is 82.5 Å². The average molecular weight is 534 g/mol. The molecule has 1 aromatic heterocycles. The van der Waals surface area contributed by atoms with Crippen LogP contribution in [0.5, 0.6) is 0 Å². The van der Waals surface area contributed by atoms with E-state index in [1.54, 1.807) is 11.1 Å². The van der Waals surface area contributed by atoms with Gasteiger partial charge < -0.3 is 15.3 Å². The fraction of sp³-hybridized carbons (Fsp3) is 0.387. The van der Waals surface area contributed by atoms with E-state index in [4.69, 9.17) is 11.6 Å². The standard InChI is InChI=1S/C31H36ClN3O3/c1-20(36)34-16-13-21-8-5-6-10-24(21)22-11-12-26(27(32)18-22)28-25(23-9-7-15-33-19-23)14-17-35(30(37)38)29(28)31(2,3)4/h5-12,15,18-19,25,28-29H,13-14,16-17H2,1-4H3,(H,34,36)(H,37,38)/t25-,28+,29?/m1/s1. The Balaban J connectivity index is 1.78. The van der Waals surface area contributed by atoms with Gasteiger partial charge in [0.15, 0.2) is 0 Å². The number of halogens is 1. The first-order valence-corrected chi connectivity index (χ1v) is 13.5. The number of hydrogen-bond donors (Lipinski definition) is 2. The third-order valence-electron chi connectivity index (χ3n) is 7.49. The highest BCUT2D eigenvalue weighted by Crippen LogP contribution is 2.50. The van der Waals surface area contributed by atoms with Gasteiger partial charge in [-0.05, 0) is 64.1 Å². The number of amides is 2. The molecule has 7 heteroatoms. The van der Waals surface area contributed by atoms with E-state index >= 15 is 0 Å². The van der Waals surface area contributed by atoms with Crippen molar-refractivity contribution in [1.29, 1.82) is 0 Å². The van der Waals surface area contributed by atoms with Gasteiger partial charge in [-0.15, -0.1) is 0 Å². The largest absolute Gasteiger partial charge is 0.465 e.